The van der Waals surface area contributed by atoms with Crippen LogP contribution in [0.2, 0.25) is 0 Å². The minimum Gasteiger partial charge on any atom is -0.496 e. The van der Waals surface area contributed by atoms with Crippen LogP contribution in [0, 0.1) is 0 Å². The minimum absolute atomic E-state index is 0.0682. The smallest absolute Gasteiger partial charge is 0.257 e. The lowest BCUT2D eigenvalue weighted by Gasteiger charge is -2.24. The molecule has 0 aliphatic rings. The highest BCUT2D eigenvalue weighted by Gasteiger charge is 2.26. The van der Waals surface area contributed by atoms with Crippen LogP contribution in [-0.2, 0) is 11.3 Å². The maximum absolute atomic E-state index is 13.4. The Balaban J connectivity index is 1.71. The molecule has 4 aromatic rings. The standard InChI is InChI=1S/C24H25N5O3S/c1-16(22-10-7-13-33-22)28(2)23(30)18-14-26-29(20(18)15-31-3)24-25-12-11-19(27-24)17-8-5-6-9-21(17)32-4/h5-14,16H,15H2,1-4H3. The van der Waals surface area contributed by atoms with Gasteiger partial charge < -0.3 is 14.4 Å². The second kappa shape index (κ2) is 9.93. The lowest BCUT2D eigenvalue weighted by Crippen LogP contribution is -2.30. The first kappa shape index (κ1) is 22.6. The molecule has 1 unspecified atom stereocenters. The van der Waals surface area contributed by atoms with Gasteiger partial charge in [-0.25, -0.2) is 9.97 Å². The van der Waals surface area contributed by atoms with E-state index in [9.17, 15) is 4.79 Å². The fourth-order valence-corrected chi connectivity index (χ4v) is 4.37. The Hall–Kier alpha value is -3.56. The average molecular weight is 464 g/mol. The van der Waals surface area contributed by atoms with Crippen molar-refractivity contribution in [3.05, 3.63) is 76.4 Å². The molecule has 1 aromatic carbocycles. The molecule has 0 saturated carbocycles. The number of ether oxygens (including phenoxy) is 2. The Labute approximate surface area is 196 Å². The predicted octanol–water partition coefficient (Wildman–Crippen LogP) is 4.38. The molecule has 9 heteroatoms. The van der Waals surface area contributed by atoms with Gasteiger partial charge >= 0.3 is 0 Å². The topological polar surface area (TPSA) is 82.4 Å². The second-order valence-corrected chi connectivity index (χ2v) is 8.38. The van der Waals surface area contributed by atoms with Gasteiger partial charge in [-0.1, -0.05) is 18.2 Å². The highest BCUT2D eigenvalue weighted by atomic mass is 32.1. The summed E-state index contributed by atoms with van der Waals surface area (Å²) in [6.45, 7) is 2.19. The van der Waals surface area contributed by atoms with E-state index in [4.69, 9.17) is 9.47 Å². The van der Waals surface area contributed by atoms with Crippen LogP contribution >= 0.6 is 11.3 Å². The summed E-state index contributed by atoms with van der Waals surface area (Å²) < 4.78 is 12.4. The van der Waals surface area contributed by atoms with E-state index in [1.165, 1.54) is 0 Å². The summed E-state index contributed by atoms with van der Waals surface area (Å²) in [6.07, 6.45) is 3.21. The van der Waals surface area contributed by atoms with Gasteiger partial charge in [0.15, 0.2) is 0 Å². The molecule has 33 heavy (non-hydrogen) atoms. The van der Waals surface area contributed by atoms with Crippen LogP contribution in [-0.4, -0.2) is 51.8 Å². The van der Waals surface area contributed by atoms with Crippen LogP contribution in [0.4, 0.5) is 0 Å². The first-order valence-corrected chi connectivity index (χ1v) is 11.3. The van der Waals surface area contributed by atoms with Crippen molar-refractivity contribution in [3.8, 4) is 23.0 Å². The molecule has 4 rings (SSSR count). The van der Waals surface area contributed by atoms with Gasteiger partial charge in [-0.3, -0.25) is 4.79 Å². The molecule has 0 spiro atoms. The molecule has 8 nitrogen and oxygen atoms in total. The Kier molecular flexibility index (Phi) is 6.81. The van der Waals surface area contributed by atoms with E-state index in [0.29, 0.717) is 28.6 Å². The fourth-order valence-electron chi connectivity index (χ4n) is 3.54. The quantitative estimate of drug-likeness (QED) is 0.386. The van der Waals surface area contributed by atoms with Crippen LogP contribution in [0.15, 0.2) is 60.2 Å². The normalized spacial score (nSPS) is 11.9. The molecule has 0 fully saturated rings. The number of nitrogens with zero attached hydrogens (tertiary/aromatic N) is 5. The van der Waals surface area contributed by atoms with E-state index in [0.717, 1.165) is 10.4 Å². The number of aromatic nitrogens is 4. The Morgan fingerprint density at radius 3 is 2.73 bits per heavy atom. The van der Waals surface area contributed by atoms with Crippen molar-refractivity contribution in [2.75, 3.05) is 21.3 Å². The van der Waals surface area contributed by atoms with Gasteiger partial charge in [0.1, 0.15) is 5.75 Å². The SMILES string of the molecule is COCc1c(C(=O)N(C)C(C)c2cccs2)cnn1-c1nccc(-c2ccccc2OC)n1. The zero-order valence-electron chi connectivity index (χ0n) is 18.9. The molecule has 1 amide bonds. The molecule has 0 aliphatic carbocycles. The van der Waals surface area contributed by atoms with Crippen molar-refractivity contribution in [1.29, 1.82) is 0 Å². The number of thiophene rings is 1. The summed E-state index contributed by atoms with van der Waals surface area (Å²) in [6, 6.07) is 13.4. The predicted molar refractivity (Wildman–Crippen MR) is 127 cm³/mol. The van der Waals surface area contributed by atoms with Crippen molar-refractivity contribution < 1.29 is 14.3 Å². The summed E-state index contributed by atoms with van der Waals surface area (Å²) in [5.41, 5.74) is 2.57. The monoisotopic (exact) mass is 463 g/mol. The molecule has 170 valence electrons. The zero-order valence-corrected chi connectivity index (χ0v) is 19.7. The van der Waals surface area contributed by atoms with E-state index in [2.05, 4.69) is 15.1 Å². The maximum Gasteiger partial charge on any atom is 0.257 e. The molecule has 0 aliphatic heterocycles. The molecule has 0 bridgehead atoms. The summed E-state index contributed by atoms with van der Waals surface area (Å²) in [7, 11) is 4.99. The molecule has 1 atom stereocenters. The van der Waals surface area contributed by atoms with Gasteiger partial charge in [0.05, 0.1) is 42.9 Å². The molecule has 0 saturated heterocycles. The Morgan fingerprint density at radius 2 is 2.00 bits per heavy atom. The average Bonchev–Trinajstić information content (AvgIpc) is 3.53. The third kappa shape index (κ3) is 4.50. The third-order valence-corrected chi connectivity index (χ3v) is 6.49. The van der Waals surface area contributed by atoms with E-state index in [1.807, 2.05) is 54.8 Å². The van der Waals surface area contributed by atoms with Crippen LogP contribution < -0.4 is 4.74 Å². The number of hydrogen-bond donors (Lipinski definition) is 0. The van der Waals surface area contributed by atoms with Crippen molar-refractivity contribution in [3.63, 3.8) is 0 Å². The Bertz CT molecular complexity index is 1240. The van der Waals surface area contributed by atoms with Crippen LogP contribution in [0.25, 0.3) is 17.2 Å². The van der Waals surface area contributed by atoms with Crippen molar-refractivity contribution in [2.45, 2.75) is 19.6 Å². The summed E-state index contributed by atoms with van der Waals surface area (Å²) in [4.78, 5) is 25.3. The molecular weight excluding hydrogens is 438 g/mol. The lowest BCUT2D eigenvalue weighted by atomic mass is 10.1. The Morgan fingerprint density at radius 1 is 1.18 bits per heavy atom. The van der Waals surface area contributed by atoms with Gasteiger partial charge in [0.25, 0.3) is 11.9 Å². The van der Waals surface area contributed by atoms with Gasteiger partial charge in [0.2, 0.25) is 0 Å². The third-order valence-electron chi connectivity index (χ3n) is 5.45. The summed E-state index contributed by atoms with van der Waals surface area (Å²) in [5, 5.41) is 6.45. The van der Waals surface area contributed by atoms with Gasteiger partial charge in [-0.2, -0.15) is 9.78 Å². The highest BCUT2D eigenvalue weighted by molar-refractivity contribution is 7.10. The van der Waals surface area contributed by atoms with Crippen LogP contribution in [0.1, 0.15) is 33.9 Å². The molecule has 3 aromatic heterocycles. The van der Waals surface area contributed by atoms with Crippen molar-refractivity contribution in [1.82, 2.24) is 24.6 Å². The highest BCUT2D eigenvalue weighted by Crippen LogP contribution is 2.29. The number of benzene rings is 1. The largest absolute Gasteiger partial charge is 0.496 e. The van der Waals surface area contributed by atoms with Crippen molar-refractivity contribution in [2.24, 2.45) is 0 Å². The summed E-state index contributed by atoms with van der Waals surface area (Å²) >= 11 is 1.62. The first-order chi connectivity index (χ1) is 16.0. The van der Waals surface area contributed by atoms with E-state index < -0.39 is 0 Å². The number of carbonyl (C=O) groups excluding carboxylic acids is 1. The number of carbonyl (C=O) groups is 1. The molecule has 0 radical (unpaired) electrons. The zero-order chi connectivity index (χ0) is 23.4. The first-order valence-electron chi connectivity index (χ1n) is 10.4. The minimum atomic E-state index is -0.143. The van der Waals surface area contributed by atoms with Gasteiger partial charge in [0, 0.05) is 30.8 Å². The van der Waals surface area contributed by atoms with E-state index >= 15 is 0 Å². The number of para-hydroxylation sites is 1. The fraction of sp³-hybridized carbons (Fsp3) is 0.250. The van der Waals surface area contributed by atoms with Gasteiger partial charge in [-0.15, -0.1) is 11.3 Å². The molecule has 3 heterocycles. The molecular formula is C24H25N5O3S. The van der Waals surface area contributed by atoms with E-state index in [-0.39, 0.29) is 18.6 Å². The maximum atomic E-state index is 13.4. The van der Waals surface area contributed by atoms with Crippen LogP contribution in [0.3, 0.4) is 0 Å². The van der Waals surface area contributed by atoms with Gasteiger partial charge in [-0.05, 0) is 36.6 Å². The summed E-state index contributed by atoms with van der Waals surface area (Å²) in [5.74, 6) is 0.910. The lowest BCUT2D eigenvalue weighted by molar-refractivity contribution is 0.0739. The second-order valence-electron chi connectivity index (χ2n) is 7.40. The number of amides is 1. The number of rotatable bonds is 8. The van der Waals surface area contributed by atoms with E-state index in [1.54, 1.807) is 54.6 Å². The van der Waals surface area contributed by atoms with Crippen molar-refractivity contribution >= 4 is 17.2 Å². The molecule has 0 N–H and O–H groups in total. The van der Waals surface area contributed by atoms with Crippen LogP contribution in [0.5, 0.6) is 5.75 Å². The number of hydrogen-bond acceptors (Lipinski definition) is 7. The number of methoxy groups -OCH3 is 2.